The van der Waals surface area contributed by atoms with E-state index in [9.17, 15) is 0 Å². The minimum absolute atomic E-state index is 0.0826. The fraction of sp³-hybridized carbons (Fsp3) is 0. The van der Waals surface area contributed by atoms with Crippen LogP contribution in [0.25, 0.3) is 10.6 Å². The van der Waals surface area contributed by atoms with Crippen molar-refractivity contribution in [2.75, 3.05) is 0 Å². The predicted molar refractivity (Wildman–Crippen MR) is 53.0 cm³/mol. The second kappa shape index (κ2) is 3.33. The first-order chi connectivity index (χ1) is 7.91. The molecule has 0 aliphatic rings. The van der Waals surface area contributed by atoms with Crippen LogP contribution in [0.2, 0.25) is 0 Å². The number of nitrogens with zero attached hydrogens (tertiary/aromatic N) is 2. The summed E-state index contributed by atoms with van der Waals surface area (Å²) in [6, 6.07) is -0.487. The monoisotopic (exact) mass is 245 g/mol. The van der Waals surface area contributed by atoms with Crippen LogP contribution in [0.1, 0.15) is 6.85 Å². The van der Waals surface area contributed by atoms with Gasteiger partial charge in [-0.2, -0.15) is 0 Å². The fourth-order valence-corrected chi connectivity index (χ4v) is 1.77. The molecule has 0 saturated carbocycles. The molecule has 12 heavy (non-hydrogen) atoms. The van der Waals surface area contributed by atoms with Gasteiger partial charge in [0.15, 0.2) is 0 Å². The molecule has 0 aromatic carbocycles. The van der Waals surface area contributed by atoms with Gasteiger partial charge in [-0.1, -0.05) is 0 Å². The van der Waals surface area contributed by atoms with Gasteiger partial charge < -0.3 is 0 Å². The van der Waals surface area contributed by atoms with Gasteiger partial charge in [0, 0.05) is 23.3 Å². The van der Waals surface area contributed by atoms with Crippen molar-refractivity contribution in [3.63, 3.8) is 0 Å². The molecular weight excluding hydrogens is 236 g/mol. The van der Waals surface area contributed by atoms with Crippen LogP contribution >= 0.6 is 27.3 Å². The minimum Gasteiger partial charge on any atom is -0.265 e. The van der Waals surface area contributed by atoms with Crippen molar-refractivity contribution < 1.29 is 6.85 Å². The lowest BCUT2D eigenvalue weighted by molar-refractivity contribution is 1.31. The summed E-state index contributed by atoms with van der Waals surface area (Å²) in [6.45, 7) is 0. The van der Waals surface area contributed by atoms with Crippen LogP contribution in [0.3, 0.4) is 0 Å². The SMILES string of the molecule is [2H]c1nc([2H])c([2H])c(-c2nc(Br)c([2H])s2)c1[2H]. The standard InChI is InChI=1S/C8H5BrN2S/c9-7-5-12-8(11-7)6-1-3-10-4-2-6/h1-5H/i1D,2D,3D,4D,5D. The quantitative estimate of drug-likeness (QED) is 0.773. The summed E-state index contributed by atoms with van der Waals surface area (Å²) < 4.78 is 38.1. The van der Waals surface area contributed by atoms with Crippen LogP contribution in [-0.2, 0) is 0 Å². The molecule has 2 rings (SSSR count). The number of aromatic nitrogens is 2. The van der Waals surface area contributed by atoms with Crippen LogP contribution < -0.4 is 0 Å². The van der Waals surface area contributed by atoms with E-state index < -0.39 is 0 Å². The lowest BCUT2D eigenvalue weighted by atomic mass is 10.3. The Morgan fingerprint density at radius 1 is 1.42 bits per heavy atom. The number of halogens is 1. The molecule has 0 N–H and O–H groups in total. The van der Waals surface area contributed by atoms with Gasteiger partial charge >= 0.3 is 0 Å². The van der Waals surface area contributed by atoms with E-state index in [1.54, 1.807) is 0 Å². The van der Waals surface area contributed by atoms with Crippen LogP contribution in [-0.4, -0.2) is 9.97 Å². The summed E-state index contributed by atoms with van der Waals surface area (Å²) in [5, 5.41) is 0.454. The molecule has 0 atom stereocenters. The molecule has 2 aromatic heterocycles. The third kappa shape index (κ3) is 1.54. The summed E-state index contributed by atoms with van der Waals surface area (Å²) >= 11 is 4.07. The molecule has 0 spiro atoms. The van der Waals surface area contributed by atoms with Crippen molar-refractivity contribution in [1.29, 1.82) is 0 Å². The summed E-state index contributed by atoms with van der Waals surface area (Å²) in [7, 11) is 0. The average molecular weight is 246 g/mol. The molecule has 2 nitrogen and oxygen atoms in total. The first kappa shape index (κ1) is 3.98. The maximum atomic E-state index is 7.69. The summed E-state index contributed by atoms with van der Waals surface area (Å²) in [5.74, 6) is 0. The Balaban J connectivity index is 2.74. The summed E-state index contributed by atoms with van der Waals surface area (Å²) in [4.78, 5) is 7.46. The van der Waals surface area contributed by atoms with Crippen molar-refractivity contribution in [2.45, 2.75) is 0 Å². The third-order valence-corrected chi connectivity index (χ3v) is 2.54. The van der Waals surface area contributed by atoms with Crippen molar-refractivity contribution in [2.24, 2.45) is 0 Å². The molecule has 0 amide bonds. The smallest absolute Gasteiger partial charge is 0.124 e. The molecule has 0 aliphatic carbocycles. The van der Waals surface area contributed by atoms with Gasteiger partial charge in [-0.15, -0.1) is 11.3 Å². The van der Waals surface area contributed by atoms with Crippen molar-refractivity contribution in [1.82, 2.24) is 9.97 Å². The van der Waals surface area contributed by atoms with E-state index in [-0.39, 0.29) is 40.4 Å². The number of pyridine rings is 1. The molecule has 0 unspecified atom stereocenters. The molecule has 0 aliphatic heterocycles. The van der Waals surface area contributed by atoms with E-state index in [0.717, 1.165) is 11.3 Å². The maximum Gasteiger partial charge on any atom is 0.124 e. The third-order valence-electron chi connectivity index (χ3n) is 1.12. The second-order valence-electron chi connectivity index (χ2n) is 1.87. The van der Waals surface area contributed by atoms with E-state index in [1.807, 2.05) is 0 Å². The molecule has 0 radical (unpaired) electrons. The molecule has 0 fully saturated rings. The van der Waals surface area contributed by atoms with E-state index in [0.29, 0.717) is 4.60 Å². The van der Waals surface area contributed by atoms with Gasteiger partial charge in [-0.25, -0.2) is 4.98 Å². The highest BCUT2D eigenvalue weighted by Crippen LogP contribution is 2.24. The first-order valence-electron chi connectivity index (χ1n) is 5.49. The highest BCUT2D eigenvalue weighted by molar-refractivity contribution is 9.10. The molecule has 0 saturated heterocycles. The normalized spacial score (nSPS) is 15.9. The predicted octanol–water partition coefficient (Wildman–Crippen LogP) is 2.97. The van der Waals surface area contributed by atoms with Gasteiger partial charge in [-0.05, 0) is 28.0 Å². The van der Waals surface area contributed by atoms with Crippen LogP contribution in [0, 0.1) is 0 Å². The Morgan fingerprint density at radius 3 is 2.75 bits per heavy atom. The minimum atomic E-state index is -0.362. The lowest BCUT2D eigenvalue weighted by Crippen LogP contribution is -1.75. The highest BCUT2D eigenvalue weighted by atomic mass is 79.9. The zero-order valence-electron chi connectivity index (χ0n) is 10.7. The average Bonchev–Trinajstić information content (AvgIpc) is 2.57. The Morgan fingerprint density at radius 2 is 2.17 bits per heavy atom. The van der Waals surface area contributed by atoms with Gasteiger partial charge in [0.05, 0.1) is 6.85 Å². The molecule has 0 bridgehead atoms. The molecule has 60 valence electrons. The number of hydrogen-bond acceptors (Lipinski definition) is 3. The second-order valence-corrected chi connectivity index (χ2v) is 3.42. The van der Waals surface area contributed by atoms with Crippen LogP contribution in [0.5, 0.6) is 0 Å². The molecule has 2 aromatic rings. The van der Waals surface area contributed by atoms with Crippen LogP contribution in [0.4, 0.5) is 0 Å². The van der Waals surface area contributed by atoms with Crippen molar-refractivity contribution in [3.8, 4) is 10.6 Å². The Kier molecular flexibility index (Phi) is 1.10. The molecule has 4 heteroatoms. The van der Waals surface area contributed by atoms with Gasteiger partial charge in [0.25, 0.3) is 0 Å². The van der Waals surface area contributed by atoms with E-state index in [4.69, 9.17) is 6.85 Å². The maximum absolute atomic E-state index is 7.69. The largest absolute Gasteiger partial charge is 0.265 e. The molecular formula is C8H5BrN2S. The van der Waals surface area contributed by atoms with Crippen LogP contribution in [0.15, 0.2) is 34.4 Å². The number of rotatable bonds is 1. The fourth-order valence-electron chi connectivity index (χ4n) is 0.666. The molecule has 2 heterocycles. The summed E-state index contributed by atoms with van der Waals surface area (Å²) in [5.41, 5.74) is 0.0826. The van der Waals surface area contributed by atoms with Crippen molar-refractivity contribution in [3.05, 3.63) is 34.4 Å². The van der Waals surface area contributed by atoms with Gasteiger partial charge in [-0.3, -0.25) is 4.98 Å². The Hall–Kier alpha value is -0.740. The van der Waals surface area contributed by atoms with Gasteiger partial charge in [0.2, 0.25) is 0 Å². The topological polar surface area (TPSA) is 25.8 Å². The zero-order chi connectivity index (χ0) is 12.7. The number of thiazole rings is 1. The summed E-state index contributed by atoms with van der Waals surface area (Å²) in [6.07, 6.45) is -0.724. The van der Waals surface area contributed by atoms with E-state index >= 15 is 0 Å². The number of hydrogen-bond donors (Lipinski definition) is 0. The van der Waals surface area contributed by atoms with E-state index in [1.165, 1.54) is 0 Å². The van der Waals surface area contributed by atoms with Gasteiger partial charge in [0.1, 0.15) is 9.61 Å². The first-order valence-corrected chi connectivity index (χ1v) is 4.60. The Labute approximate surface area is 89.5 Å². The lowest BCUT2D eigenvalue weighted by Gasteiger charge is -1.91. The van der Waals surface area contributed by atoms with E-state index in [2.05, 4.69) is 25.9 Å². The Bertz CT molecular complexity index is 554. The highest BCUT2D eigenvalue weighted by Gasteiger charge is 2.00. The van der Waals surface area contributed by atoms with Crippen molar-refractivity contribution >= 4 is 27.3 Å². The zero-order valence-corrected chi connectivity index (χ0v) is 8.08.